The lowest BCUT2D eigenvalue weighted by Crippen LogP contribution is -1.98. The summed E-state index contributed by atoms with van der Waals surface area (Å²) in [4.78, 5) is 0. The minimum atomic E-state index is 0.613. The van der Waals surface area contributed by atoms with E-state index >= 15 is 0 Å². The van der Waals surface area contributed by atoms with Crippen molar-refractivity contribution in [3.63, 3.8) is 0 Å². The standard InChI is InChI=1S/C62H54O4/c1-5-63-47-33-25-43(26-34-47)51-17-9-13-21-55(51)59-41-61(57-23-15-11-19-53(57)45-29-37-49(38-30-45)65-7-3)62(58-24-16-12-20-54(58)46-31-39-50(40-32-46)66-8-4)42-60(59)56-22-14-10-18-52(56)44-27-35-48(36-28-44)64-6-2/h9-42H,5-8H2,1-4H3. The zero-order valence-corrected chi connectivity index (χ0v) is 38.1. The monoisotopic (exact) mass is 862 g/mol. The lowest BCUT2D eigenvalue weighted by molar-refractivity contribution is 0.340. The molecule has 0 heterocycles. The highest BCUT2D eigenvalue weighted by atomic mass is 16.5. The summed E-state index contributed by atoms with van der Waals surface area (Å²) >= 11 is 0. The minimum absolute atomic E-state index is 0.613. The van der Waals surface area contributed by atoms with Gasteiger partial charge in [-0.2, -0.15) is 0 Å². The molecule has 326 valence electrons. The van der Waals surface area contributed by atoms with Crippen LogP contribution in [0.2, 0.25) is 0 Å². The molecule has 0 saturated heterocycles. The lowest BCUT2D eigenvalue weighted by Gasteiger charge is -2.24. The summed E-state index contributed by atoms with van der Waals surface area (Å²) in [7, 11) is 0. The number of ether oxygens (including phenoxy) is 4. The zero-order chi connectivity index (χ0) is 45.2. The van der Waals surface area contributed by atoms with Gasteiger partial charge in [0.2, 0.25) is 0 Å². The summed E-state index contributed by atoms with van der Waals surface area (Å²) in [5.74, 6) is 3.42. The van der Waals surface area contributed by atoms with Gasteiger partial charge < -0.3 is 18.9 Å². The van der Waals surface area contributed by atoms with Gasteiger partial charge >= 0.3 is 0 Å². The molecule has 0 amide bonds. The average Bonchev–Trinajstić information content (AvgIpc) is 3.37. The third kappa shape index (κ3) is 9.22. The van der Waals surface area contributed by atoms with Crippen molar-refractivity contribution in [1.82, 2.24) is 0 Å². The molecule has 0 aliphatic heterocycles. The van der Waals surface area contributed by atoms with Gasteiger partial charge in [0.05, 0.1) is 26.4 Å². The Morgan fingerprint density at radius 3 is 0.576 bits per heavy atom. The molecule has 9 aromatic carbocycles. The van der Waals surface area contributed by atoms with Crippen LogP contribution in [0.15, 0.2) is 206 Å². The van der Waals surface area contributed by atoms with Gasteiger partial charge in [0.1, 0.15) is 23.0 Å². The fourth-order valence-electron chi connectivity index (χ4n) is 8.96. The maximum Gasteiger partial charge on any atom is 0.119 e. The van der Waals surface area contributed by atoms with Crippen molar-refractivity contribution in [1.29, 1.82) is 0 Å². The van der Waals surface area contributed by atoms with Gasteiger partial charge in [0, 0.05) is 0 Å². The van der Waals surface area contributed by atoms with E-state index in [0.29, 0.717) is 26.4 Å². The minimum Gasteiger partial charge on any atom is -0.494 e. The van der Waals surface area contributed by atoms with E-state index in [-0.39, 0.29) is 0 Å². The summed E-state index contributed by atoms with van der Waals surface area (Å²) in [6.07, 6.45) is 0. The molecule has 0 radical (unpaired) electrons. The van der Waals surface area contributed by atoms with Crippen LogP contribution in [0.3, 0.4) is 0 Å². The largest absolute Gasteiger partial charge is 0.494 e. The Balaban J connectivity index is 1.37. The molecule has 0 N–H and O–H groups in total. The van der Waals surface area contributed by atoms with Gasteiger partial charge in [-0.05, 0) is 177 Å². The van der Waals surface area contributed by atoms with Gasteiger partial charge in [0.25, 0.3) is 0 Å². The molecule has 0 saturated carbocycles. The molecule has 0 fully saturated rings. The van der Waals surface area contributed by atoms with Crippen LogP contribution in [0.1, 0.15) is 27.7 Å². The number of benzene rings is 9. The van der Waals surface area contributed by atoms with Crippen molar-refractivity contribution in [2.24, 2.45) is 0 Å². The molecule has 9 rings (SSSR count). The number of rotatable bonds is 16. The van der Waals surface area contributed by atoms with Crippen molar-refractivity contribution >= 4 is 0 Å². The fraction of sp³-hybridized carbons (Fsp3) is 0.129. The van der Waals surface area contributed by atoms with Crippen LogP contribution in [0.4, 0.5) is 0 Å². The molecular formula is C62H54O4. The van der Waals surface area contributed by atoms with Crippen LogP contribution in [-0.2, 0) is 0 Å². The van der Waals surface area contributed by atoms with Crippen molar-refractivity contribution in [2.45, 2.75) is 27.7 Å². The maximum absolute atomic E-state index is 5.89. The van der Waals surface area contributed by atoms with Crippen LogP contribution in [0, 0.1) is 0 Å². The smallest absolute Gasteiger partial charge is 0.119 e. The summed E-state index contributed by atoms with van der Waals surface area (Å²) in [6.45, 7) is 10.5. The zero-order valence-electron chi connectivity index (χ0n) is 38.1. The first-order valence-electron chi connectivity index (χ1n) is 23.0. The molecular weight excluding hydrogens is 809 g/mol. The molecule has 9 aromatic rings. The SMILES string of the molecule is CCOc1ccc(-c2ccccc2-c2cc(-c3ccccc3-c3ccc(OCC)cc3)c(-c3ccccc3-c3ccc(OCC)cc3)cc2-c2ccccc2-c2ccc(OCC)cc2)cc1. The van der Waals surface area contributed by atoms with Crippen LogP contribution < -0.4 is 18.9 Å². The third-order valence-corrected chi connectivity index (χ3v) is 11.9. The van der Waals surface area contributed by atoms with Gasteiger partial charge in [-0.15, -0.1) is 0 Å². The molecule has 66 heavy (non-hydrogen) atoms. The van der Waals surface area contributed by atoms with Gasteiger partial charge in [-0.1, -0.05) is 146 Å². The number of hydrogen-bond donors (Lipinski definition) is 0. The van der Waals surface area contributed by atoms with E-state index in [1.54, 1.807) is 0 Å². The van der Waals surface area contributed by atoms with E-state index in [2.05, 4.69) is 206 Å². The molecule has 0 atom stereocenters. The summed E-state index contributed by atoms with van der Waals surface area (Å²) in [5.41, 5.74) is 18.0. The van der Waals surface area contributed by atoms with E-state index in [1.807, 2.05) is 27.7 Å². The van der Waals surface area contributed by atoms with E-state index in [1.165, 1.54) is 0 Å². The second kappa shape index (κ2) is 20.3. The van der Waals surface area contributed by atoms with Crippen LogP contribution in [0.25, 0.3) is 89.0 Å². The van der Waals surface area contributed by atoms with Gasteiger partial charge in [0.15, 0.2) is 0 Å². The van der Waals surface area contributed by atoms with Crippen molar-refractivity contribution in [2.75, 3.05) is 26.4 Å². The highest BCUT2D eigenvalue weighted by Gasteiger charge is 2.23. The molecule has 0 aliphatic rings. The molecule has 0 bridgehead atoms. The fourth-order valence-corrected chi connectivity index (χ4v) is 8.96. The van der Waals surface area contributed by atoms with Gasteiger partial charge in [-0.25, -0.2) is 0 Å². The summed E-state index contributed by atoms with van der Waals surface area (Å²) < 4.78 is 23.6. The van der Waals surface area contributed by atoms with E-state index < -0.39 is 0 Å². The first-order chi connectivity index (χ1) is 32.6. The Labute approximate surface area is 389 Å². The average molecular weight is 863 g/mol. The quantitative estimate of drug-likeness (QED) is 0.0970. The first kappa shape index (κ1) is 43.4. The molecule has 4 nitrogen and oxygen atoms in total. The summed E-state index contributed by atoms with van der Waals surface area (Å²) in [6, 6.07) is 73.9. The van der Waals surface area contributed by atoms with Crippen LogP contribution in [0.5, 0.6) is 23.0 Å². The lowest BCUT2D eigenvalue weighted by atomic mass is 9.80. The van der Waals surface area contributed by atoms with Crippen molar-refractivity contribution < 1.29 is 18.9 Å². The Kier molecular flexibility index (Phi) is 13.4. The maximum atomic E-state index is 5.89. The predicted molar refractivity (Wildman–Crippen MR) is 275 cm³/mol. The summed E-state index contributed by atoms with van der Waals surface area (Å²) in [5, 5.41) is 0. The van der Waals surface area contributed by atoms with Gasteiger partial charge in [-0.3, -0.25) is 0 Å². The van der Waals surface area contributed by atoms with Crippen LogP contribution >= 0.6 is 0 Å². The normalized spacial score (nSPS) is 11.0. The first-order valence-corrected chi connectivity index (χ1v) is 23.0. The van der Waals surface area contributed by atoms with Crippen molar-refractivity contribution in [3.8, 4) is 112 Å². The molecule has 4 heteroatoms. The second-order valence-electron chi connectivity index (χ2n) is 16.0. The van der Waals surface area contributed by atoms with Crippen LogP contribution in [-0.4, -0.2) is 26.4 Å². The molecule has 0 unspecified atom stereocenters. The number of hydrogen-bond acceptors (Lipinski definition) is 4. The highest BCUT2D eigenvalue weighted by molar-refractivity contribution is 6.04. The second-order valence-corrected chi connectivity index (χ2v) is 16.0. The van der Waals surface area contributed by atoms with E-state index in [9.17, 15) is 0 Å². The Morgan fingerprint density at radius 1 is 0.212 bits per heavy atom. The molecule has 0 aromatic heterocycles. The topological polar surface area (TPSA) is 36.9 Å². The third-order valence-electron chi connectivity index (χ3n) is 11.9. The van der Waals surface area contributed by atoms with E-state index in [0.717, 1.165) is 112 Å². The Bertz CT molecular complexity index is 2630. The highest BCUT2D eigenvalue weighted by Crippen LogP contribution is 2.50. The Hall–Kier alpha value is -7.82. The Morgan fingerprint density at radius 2 is 0.394 bits per heavy atom. The molecule has 0 aliphatic carbocycles. The van der Waals surface area contributed by atoms with E-state index in [4.69, 9.17) is 18.9 Å². The molecule has 0 spiro atoms. The van der Waals surface area contributed by atoms with Crippen molar-refractivity contribution in [3.05, 3.63) is 206 Å². The predicted octanol–water partition coefficient (Wildman–Crippen LogP) is 16.6.